The van der Waals surface area contributed by atoms with Crippen LogP contribution in [0.5, 0.6) is 0 Å². The molecule has 2 aromatic heterocycles. The Hall–Kier alpha value is -3.14. The molecule has 27 heavy (non-hydrogen) atoms. The Bertz CT molecular complexity index is 951. The van der Waals surface area contributed by atoms with Crippen molar-refractivity contribution in [2.45, 2.75) is 50.6 Å². The number of allylic oxidation sites excluding steroid dienone is 1. The van der Waals surface area contributed by atoms with Crippen LogP contribution >= 0.6 is 0 Å². The fraction of sp³-hybridized carbons (Fsp3) is 0.400. The molecule has 2 N–H and O–H groups in total. The lowest BCUT2D eigenvalue weighted by molar-refractivity contribution is -0.120. The number of nitrogens with zero attached hydrogens (tertiary/aromatic N) is 3. The van der Waals surface area contributed by atoms with E-state index in [4.69, 9.17) is 5.26 Å². The van der Waals surface area contributed by atoms with Gasteiger partial charge in [0.2, 0.25) is 12.3 Å². The van der Waals surface area contributed by atoms with Crippen molar-refractivity contribution < 1.29 is 9.59 Å². The molecule has 7 nitrogen and oxygen atoms in total. The van der Waals surface area contributed by atoms with Crippen LogP contribution in [0.25, 0.3) is 16.6 Å². The van der Waals surface area contributed by atoms with E-state index in [1.165, 1.54) is 5.57 Å². The lowest BCUT2D eigenvalue weighted by Gasteiger charge is -2.24. The highest BCUT2D eigenvalue weighted by molar-refractivity contribution is 5.93. The molecule has 2 aromatic rings. The Morgan fingerprint density at radius 2 is 2.30 bits per heavy atom. The van der Waals surface area contributed by atoms with E-state index in [2.05, 4.69) is 21.4 Å². The predicted octanol–water partition coefficient (Wildman–Crippen LogP) is 2.65. The minimum absolute atomic E-state index is 0.0653. The van der Waals surface area contributed by atoms with Crippen molar-refractivity contribution in [3.63, 3.8) is 0 Å². The second kappa shape index (κ2) is 7.23. The van der Waals surface area contributed by atoms with Crippen molar-refractivity contribution in [2.75, 3.05) is 4.90 Å². The van der Waals surface area contributed by atoms with Crippen molar-refractivity contribution >= 4 is 34.7 Å². The van der Waals surface area contributed by atoms with Crippen LogP contribution in [0.2, 0.25) is 0 Å². The monoisotopic (exact) mass is 363 g/mol. The fourth-order valence-electron chi connectivity index (χ4n) is 3.66. The van der Waals surface area contributed by atoms with Crippen molar-refractivity contribution in [3.05, 3.63) is 30.0 Å². The molecule has 0 spiro atoms. The molecule has 2 aliphatic rings. The molecule has 0 saturated heterocycles. The molecule has 2 heterocycles. The number of H-pyrrole nitrogens is 1. The van der Waals surface area contributed by atoms with Crippen LogP contribution in [-0.4, -0.2) is 34.4 Å². The summed E-state index contributed by atoms with van der Waals surface area (Å²) in [5.41, 5.74) is 3.07. The molecule has 1 atom stereocenters. The van der Waals surface area contributed by atoms with Crippen LogP contribution in [0.15, 0.2) is 24.4 Å². The number of hydrogen-bond donors (Lipinski definition) is 2. The SMILES string of the molecule is N#CCC(=O)NC1CC=C(c2cc(N(C=O)C3CC3)nc3[nH]ccc23)CC1. The van der Waals surface area contributed by atoms with Crippen LogP contribution in [0.4, 0.5) is 5.82 Å². The zero-order chi connectivity index (χ0) is 18.8. The molecule has 0 bridgehead atoms. The fourth-order valence-corrected chi connectivity index (χ4v) is 3.66. The summed E-state index contributed by atoms with van der Waals surface area (Å²) >= 11 is 0. The van der Waals surface area contributed by atoms with Gasteiger partial charge in [-0.2, -0.15) is 5.26 Å². The molecular formula is C20H21N5O2. The number of anilines is 1. The molecule has 2 amide bonds. The first kappa shape index (κ1) is 17.3. The van der Waals surface area contributed by atoms with E-state index in [1.807, 2.05) is 24.4 Å². The minimum Gasteiger partial charge on any atom is -0.352 e. The van der Waals surface area contributed by atoms with E-state index in [-0.39, 0.29) is 24.4 Å². The Morgan fingerprint density at radius 3 is 2.96 bits per heavy atom. The van der Waals surface area contributed by atoms with E-state index >= 15 is 0 Å². The maximum Gasteiger partial charge on any atom is 0.234 e. The summed E-state index contributed by atoms with van der Waals surface area (Å²) < 4.78 is 0. The Morgan fingerprint density at radius 1 is 1.44 bits per heavy atom. The molecule has 1 unspecified atom stereocenters. The van der Waals surface area contributed by atoms with Gasteiger partial charge in [0, 0.05) is 23.7 Å². The molecule has 2 aliphatic carbocycles. The van der Waals surface area contributed by atoms with Gasteiger partial charge in [-0.25, -0.2) is 4.98 Å². The molecule has 0 radical (unpaired) electrons. The molecular weight excluding hydrogens is 342 g/mol. The number of nitrogens with one attached hydrogen (secondary N) is 2. The number of pyridine rings is 1. The van der Waals surface area contributed by atoms with Crippen LogP contribution in [0.1, 0.15) is 44.1 Å². The van der Waals surface area contributed by atoms with Gasteiger partial charge in [-0.3, -0.25) is 14.5 Å². The van der Waals surface area contributed by atoms with Crippen LogP contribution in [-0.2, 0) is 9.59 Å². The average molecular weight is 363 g/mol. The highest BCUT2D eigenvalue weighted by atomic mass is 16.1. The highest BCUT2D eigenvalue weighted by Crippen LogP contribution is 2.36. The Balaban J connectivity index is 1.61. The number of rotatable bonds is 6. The van der Waals surface area contributed by atoms with Gasteiger partial charge in [0.05, 0.1) is 6.07 Å². The summed E-state index contributed by atoms with van der Waals surface area (Å²) in [6, 6.07) is 6.21. The number of carbonyl (C=O) groups excluding carboxylic acids is 2. The molecule has 0 aliphatic heterocycles. The van der Waals surface area contributed by atoms with Crippen LogP contribution in [0.3, 0.4) is 0 Å². The third kappa shape index (κ3) is 3.56. The van der Waals surface area contributed by atoms with Gasteiger partial charge >= 0.3 is 0 Å². The molecule has 0 aromatic carbocycles. The van der Waals surface area contributed by atoms with Crippen molar-refractivity contribution in [1.29, 1.82) is 5.26 Å². The van der Waals surface area contributed by atoms with Gasteiger partial charge in [0.1, 0.15) is 17.9 Å². The van der Waals surface area contributed by atoms with E-state index in [1.54, 1.807) is 4.90 Å². The van der Waals surface area contributed by atoms with Crippen molar-refractivity contribution in [3.8, 4) is 6.07 Å². The van der Waals surface area contributed by atoms with Gasteiger partial charge in [-0.15, -0.1) is 0 Å². The number of carbonyl (C=O) groups is 2. The van der Waals surface area contributed by atoms with E-state index in [0.717, 1.165) is 55.1 Å². The first-order valence-corrected chi connectivity index (χ1v) is 9.27. The van der Waals surface area contributed by atoms with E-state index in [0.29, 0.717) is 5.82 Å². The molecule has 1 saturated carbocycles. The lowest BCUT2D eigenvalue weighted by Crippen LogP contribution is -2.35. The predicted molar refractivity (Wildman–Crippen MR) is 102 cm³/mol. The lowest BCUT2D eigenvalue weighted by atomic mass is 9.89. The zero-order valence-corrected chi connectivity index (χ0v) is 14.9. The van der Waals surface area contributed by atoms with E-state index in [9.17, 15) is 9.59 Å². The Kier molecular flexibility index (Phi) is 4.63. The smallest absolute Gasteiger partial charge is 0.234 e. The number of aromatic amines is 1. The average Bonchev–Trinajstić information content (AvgIpc) is 3.38. The second-order valence-corrected chi connectivity index (χ2v) is 7.11. The summed E-state index contributed by atoms with van der Waals surface area (Å²) in [5.74, 6) is 0.465. The second-order valence-electron chi connectivity index (χ2n) is 7.11. The quantitative estimate of drug-likeness (QED) is 0.770. The van der Waals surface area contributed by atoms with Crippen molar-refractivity contribution in [2.24, 2.45) is 0 Å². The molecule has 138 valence electrons. The van der Waals surface area contributed by atoms with Gasteiger partial charge in [0.25, 0.3) is 0 Å². The minimum atomic E-state index is -0.218. The van der Waals surface area contributed by atoms with Crippen molar-refractivity contribution in [1.82, 2.24) is 15.3 Å². The summed E-state index contributed by atoms with van der Waals surface area (Å²) in [7, 11) is 0. The third-order valence-corrected chi connectivity index (χ3v) is 5.20. The van der Waals surface area contributed by atoms with Gasteiger partial charge in [0.15, 0.2) is 0 Å². The van der Waals surface area contributed by atoms with Gasteiger partial charge < -0.3 is 10.3 Å². The summed E-state index contributed by atoms with van der Waals surface area (Å²) in [4.78, 5) is 32.7. The number of fused-ring (bicyclic) bond motifs is 1. The maximum absolute atomic E-state index is 11.6. The number of hydrogen-bond acceptors (Lipinski definition) is 4. The molecule has 1 fully saturated rings. The topological polar surface area (TPSA) is 102 Å². The van der Waals surface area contributed by atoms with Gasteiger partial charge in [-0.05, 0) is 55.4 Å². The van der Waals surface area contributed by atoms with E-state index < -0.39 is 0 Å². The first-order valence-electron chi connectivity index (χ1n) is 9.27. The summed E-state index contributed by atoms with van der Waals surface area (Å²) in [5, 5.41) is 12.6. The summed E-state index contributed by atoms with van der Waals surface area (Å²) in [6.07, 6.45) is 9.20. The standard InChI is InChI=1S/C20H21N5O2/c21-9-7-19(27)23-14-3-1-13(2-4-14)17-11-18(25(12-26)15-5-6-15)24-20-16(17)8-10-22-20/h1,8,10-12,14-15H,2-7H2,(H,22,24)(H,23,27). The zero-order valence-electron chi connectivity index (χ0n) is 14.9. The highest BCUT2D eigenvalue weighted by Gasteiger charge is 2.31. The van der Waals surface area contributed by atoms with Crippen LogP contribution in [0, 0.1) is 11.3 Å². The summed E-state index contributed by atoms with van der Waals surface area (Å²) in [6.45, 7) is 0. The largest absolute Gasteiger partial charge is 0.352 e. The molecule has 4 rings (SSSR count). The normalized spacial score (nSPS) is 19.2. The number of nitriles is 1. The number of aromatic nitrogens is 2. The molecule has 7 heteroatoms. The first-order chi connectivity index (χ1) is 13.2. The third-order valence-electron chi connectivity index (χ3n) is 5.20. The Labute approximate surface area is 157 Å². The van der Waals surface area contributed by atoms with Crippen LogP contribution < -0.4 is 10.2 Å². The van der Waals surface area contributed by atoms with Gasteiger partial charge in [-0.1, -0.05) is 6.08 Å². The number of amides is 2. The maximum atomic E-state index is 11.6.